The van der Waals surface area contributed by atoms with Crippen LogP contribution >= 0.6 is 11.6 Å². The van der Waals surface area contributed by atoms with Crippen LogP contribution in [0.15, 0.2) is 24.5 Å². The number of hydrogen-bond donors (Lipinski definition) is 0. The first kappa shape index (κ1) is 12.8. The van der Waals surface area contributed by atoms with Gasteiger partial charge in [0, 0.05) is 0 Å². The first-order valence-electron chi connectivity index (χ1n) is 5.87. The van der Waals surface area contributed by atoms with Crippen molar-refractivity contribution in [3.05, 3.63) is 46.4 Å². The predicted molar refractivity (Wildman–Crippen MR) is 72.4 cm³/mol. The van der Waals surface area contributed by atoms with E-state index >= 15 is 0 Å². The molecule has 0 fully saturated rings. The van der Waals surface area contributed by atoms with Gasteiger partial charge in [-0.2, -0.15) is 0 Å². The fraction of sp³-hybridized carbons (Fsp3) is 0.286. The molecular formula is C14H15ClN2O. The van der Waals surface area contributed by atoms with Gasteiger partial charge in [0.05, 0.1) is 5.56 Å². The van der Waals surface area contributed by atoms with E-state index in [0.717, 1.165) is 23.3 Å². The van der Waals surface area contributed by atoms with Gasteiger partial charge in [-0.25, -0.2) is 9.97 Å². The molecule has 2 aromatic rings. The van der Waals surface area contributed by atoms with Crippen molar-refractivity contribution in [1.82, 2.24) is 9.97 Å². The molecule has 1 aromatic heterocycles. The van der Waals surface area contributed by atoms with E-state index in [0.29, 0.717) is 11.0 Å². The van der Waals surface area contributed by atoms with Crippen molar-refractivity contribution in [2.24, 2.45) is 0 Å². The molecule has 0 amide bonds. The minimum absolute atomic E-state index is 0.452. The third-order valence-electron chi connectivity index (χ3n) is 2.97. The summed E-state index contributed by atoms with van der Waals surface area (Å²) in [5.74, 6) is 1.34. The maximum atomic E-state index is 6.04. The van der Waals surface area contributed by atoms with Crippen LogP contribution in [0.25, 0.3) is 0 Å². The zero-order chi connectivity index (χ0) is 13.1. The van der Waals surface area contributed by atoms with Gasteiger partial charge < -0.3 is 4.74 Å². The summed E-state index contributed by atoms with van der Waals surface area (Å²) in [5, 5.41) is 0.452. The lowest BCUT2D eigenvalue weighted by Gasteiger charge is -2.12. The molecule has 0 bridgehead atoms. The maximum Gasteiger partial charge on any atom is 0.227 e. The normalized spacial score (nSPS) is 10.4. The zero-order valence-corrected chi connectivity index (χ0v) is 11.5. The zero-order valence-electron chi connectivity index (χ0n) is 10.7. The second-order valence-corrected chi connectivity index (χ2v) is 4.46. The van der Waals surface area contributed by atoms with Crippen molar-refractivity contribution in [3.8, 4) is 11.6 Å². The predicted octanol–water partition coefficient (Wildman–Crippen LogP) is 4.10. The molecule has 0 aliphatic heterocycles. The minimum atomic E-state index is 0.452. The molecular weight excluding hydrogens is 248 g/mol. The highest BCUT2D eigenvalue weighted by molar-refractivity contribution is 6.30. The maximum absolute atomic E-state index is 6.04. The lowest BCUT2D eigenvalue weighted by atomic mass is 10.1. The summed E-state index contributed by atoms with van der Waals surface area (Å²) in [5.41, 5.74) is 3.13. The molecule has 0 aliphatic rings. The van der Waals surface area contributed by atoms with Gasteiger partial charge in [-0.05, 0) is 37.5 Å². The Morgan fingerprint density at radius 3 is 2.72 bits per heavy atom. The summed E-state index contributed by atoms with van der Waals surface area (Å²) in [6.45, 7) is 6.08. The monoisotopic (exact) mass is 262 g/mol. The van der Waals surface area contributed by atoms with Crippen LogP contribution in [0.1, 0.15) is 23.6 Å². The van der Waals surface area contributed by atoms with Crippen molar-refractivity contribution in [2.75, 3.05) is 0 Å². The molecule has 0 unspecified atom stereocenters. The van der Waals surface area contributed by atoms with Gasteiger partial charge >= 0.3 is 0 Å². The van der Waals surface area contributed by atoms with Gasteiger partial charge in [0.15, 0.2) is 0 Å². The van der Waals surface area contributed by atoms with E-state index in [9.17, 15) is 0 Å². The third kappa shape index (κ3) is 2.46. The Morgan fingerprint density at radius 1 is 1.22 bits per heavy atom. The van der Waals surface area contributed by atoms with Gasteiger partial charge in [0.2, 0.25) is 5.88 Å². The van der Waals surface area contributed by atoms with Crippen molar-refractivity contribution in [1.29, 1.82) is 0 Å². The molecule has 0 N–H and O–H groups in total. The number of halogens is 1. The first-order valence-corrected chi connectivity index (χ1v) is 6.24. The highest BCUT2D eigenvalue weighted by Gasteiger charge is 2.11. The Kier molecular flexibility index (Phi) is 3.82. The van der Waals surface area contributed by atoms with Crippen molar-refractivity contribution in [2.45, 2.75) is 27.2 Å². The third-order valence-corrected chi connectivity index (χ3v) is 3.29. The molecule has 3 nitrogen and oxygen atoms in total. The summed E-state index contributed by atoms with van der Waals surface area (Å²) in [6, 6.07) is 5.94. The molecule has 1 aromatic carbocycles. The fourth-order valence-corrected chi connectivity index (χ4v) is 1.96. The number of aromatic nitrogens is 2. The largest absolute Gasteiger partial charge is 0.438 e. The topological polar surface area (TPSA) is 35.0 Å². The van der Waals surface area contributed by atoms with Crippen LogP contribution in [-0.4, -0.2) is 9.97 Å². The number of nitrogens with zero attached hydrogens (tertiary/aromatic N) is 2. The Morgan fingerprint density at radius 2 is 2.00 bits per heavy atom. The van der Waals surface area contributed by atoms with E-state index in [1.165, 1.54) is 11.9 Å². The lowest BCUT2D eigenvalue weighted by Crippen LogP contribution is -1.98. The molecule has 18 heavy (non-hydrogen) atoms. The van der Waals surface area contributed by atoms with Crippen LogP contribution in [0.4, 0.5) is 0 Å². The van der Waals surface area contributed by atoms with Crippen LogP contribution in [0.2, 0.25) is 5.15 Å². The number of rotatable bonds is 3. The average Bonchev–Trinajstić information content (AvgIpc) is 2.35. The van der Waals surface area contributed by atoms with E-state index in [4.69, 9.17) is 16.3 Å². The first-order chi connectivity index (χ1) is 8.63. The summed E-state index contributed by atoms with van der Waals surface area (Å²) in [7, 11) is 0. The van der Waals surface area contributed by atoms with Gasteiger partial charge in [-0.15, -0.1) is 0 Å². The van der Waals surface area contributed by atoms with Crippen LogP contribution in [0, 0.1) is 13.8 Å². The van der Waals surface area contributed by atoms with Crippen LogP contribution in [-0.2, 0) is 6.42 Å². The Bertz CT molecular complexity index is 570. The Hall–Kier alpha value is -1.61. The highest BCUT2D eigenvalue weighted by atomic mass is 35.5. The van der Waals surface area contributed by atoms with Crippen LogP contribution < -0.4 is 4.74 Å². The molecule has 1 heterocycles. The molecule has 4 heteroatoms. The number of aryl methyl sites for hydroxylation is 1. The average molecular weight is 263 g/mol. The quantitative estimate of drug-likeness (QED) is 0.781. The molecule has 0 saturated carbocycles. The second kappa shape index (κ2) is 5.36. The van der Waals surface area contributed by atoms with E-state index in [1.54, 1.807) is 0 Å². The fourth-order valence-electron chi connectivity index (χ4n) is 1.70. The minimum Gasteiger partial charge on any atom is -0.438 e. The van der Waals surface area contributed by atoms with Crippen LogP contribution in [0.3, 0.4) is 0 Å². The summed E-state index contributed by atoms with van der Waals surface area (Å²) < 4.78 is 5.86. The highest BCUT2D eigenvalue weighted by Crippen LogP contribution is 2.30. The van der Waals surface area contributed by atoms with Crippen LogP contribution in [0.5, 0.6) is 11.6 Å². The van der Waals surface area contributed by atoms with Gasteiger partial charge in [0.25, 0.3) is 0 Å². The molecule has 2 rings (SSSR count). The number of hydrogen-bond acceptors (Lipinski definition) is 3. The molecule has 94 valence electrons. The van der Waals surface area contributed by atoms with E-state index in [1.807, 2.05) is 26.0 Å². The summed E-state index contributed by atoms with van der Waals surface area (Å²) in [6.07, 6.45) is 2.15. The van der Waals surface area contributed by atoms with E-state index < -0.39 is 0 Å². The molecule has 0 saturated heterocycles. The Balaban J connectivity index is 2.40. The molecule has 0 atom stereocenters. The second-order valence-electron chi connectivity index (χ2n) is 4.10. The standard InChI is InChI=1S/C14H15ClN2O/c1-4-11-13(15)16-8-17-14(11)18-12-7-5-6-9(2)10(12)3/h5-8H,4H2,1-3H3. The van der Waals surface area contributed by atoms with E-state index in [-0.39, 0.29) is 0 Å². The number of benzene rings is 1. The van der Waals surface area contributed by atoms with Gasteiger partial charge in [0.1, 0.15) is 17.2 Å². The summed E-state index contributed by atoms with van der Waals surface area (Å²) in [4.78, 5) is 8.13. The van der Waals surface area contributed by atoms with Crippen molar-refractivity contribution >= 4 is 11.6 Å². The molecule has 0 radical (unpaired) electrons. The van der Waals surface area contributed by atoms with E-state index in [2.05, 4.69) is 23.0 Å². The SMILES string of the molecule is CCc1c(Cl)ncnc1Oc1cccc(C)c1C. The smallest absolute Gasteiger partial charge is 0.227 e. The van der Waals surface area contributed by atoms with Gasteiger partial charge in [-0.1, -0.05) is 30.7 Å². The van der Waals surface area contributed by atoms with Crippen molar-refractivity contribution in [3.63, 3.8) is 0 Å². The Labute approximate surface area is 112 Å². The summed E-state index contributed by atoms with van der Waals surface area (Å²) >= 11 is 6.04. The molecule has 0 spiro atoms. The van der Waals surface area contributed by atoms with Gasteiger partial charge in [-0.3, -0.25) is 0 Å². The number of ether oxygens (including phenoxy) is 1. The lowest BCUT2D eigenvalue weighted by molar-refractivity contribution is 0.451. The van der Waals surface area contributed by atoms with Crippen molar-refractivity contribution < 1.29 is 4.74 Å². The molecule has 0 aliphatic carbocycles.